The summed E-state index contributed by atoms with van der Waals surface area (Å²) in [5, 5.41) is 1.33. The van der Waals surface area contributed by atoms with Crippen LogP contribution < -0.4 is 5.73 Å². The molecule has 0 fully saturated rings. The zero-order valence-corrected chi connectivity index (χ0v) is 12.3. The van der Waals surface area contributed by atoms with Gasteiger partial charge in [0.05, 0.1) is 0 Å². The van der Waals surface area contributed by atoms with Gasteiger partial charge in [0.2, 0.25) is 0 Å². The Morgan fingerprint density at radius 3 is 2.35 bits per heavy atom. The number of nitrogens with zero attached hydrogens (tertiary/aromatic N) is 1. The van der Waals surface area contributed by atoms with Crippen LogP contribution in [-0.2, 0) is 6.42 Å². The quantitative estimate of drug-likeness (QED) is 0.914. The molecule has 0 heterocycles. The molecule has 96 valence electrons. The van der Waals surface area contributed by atoms with E-state index in [-0.39, 0.29) is 11.6 Å². The highest BCUT2D eigenvalue weighted by Crippen LogP contribution is 2.25. The van der Waals surface area contributed by atoms with Gasteiger partial charge in [-0.3, -0.25) is 0 Å². The largest absolute Gasteiger partial charge is 0.326 e. The molecule has 4 heteroatoms. The van der Waals surface area contributed by atoms with Crippen LogP contribution >= 0.6 is 23.2 Å². The van der Waals surface area contributed by atoms with Crippen molar-refractivity contribution in [3.8, 4) is 0 Å². The SMILES string of the molecule is CN(C)C(C)(C)C(N)Cc1ccc(Cl)cc1Cl. The van der Waals surface area contributed by atoms with Gasteiger partial charge in [-0.2, -0.15) is 0 Å². The zero-order chi connectivity index (χ0) is 13.2. The van der Waals surface area contributed by atoms with Gasteiger partial charge in [-0.1, -0.05) is 29.3 Å². The molecule has 0 aromatic heterocycles. The third-order valence-corrected chi connectivity index (χ3v) is 4.10. The average molecular weight is 275 g/mol. The molecule has 1 rings (SSSR count). The molecular weight excluding hydrogens is 255 g/mol. The number of benzene rings is 1. The topological polar surface area (TPSA) is 29.3 Å². The Morgan fingerprint density at radius 1 is 1.29 bits per heavy atom. The van der Waals surface area contributed by atoms with Crippen molar-refractivity contribution in [1.29, 1.82) is 0 Å². The van der Waals surface area contributed by atoms with Crippen LogP contribution in [0.25, 0.3) is 0 Å². The maximum atomic E-state index is 6.26. The van der Waals surface area contributed by atoms with E-state index in [4.69, 9.17) is 28.9 Å². The van der Waals surface area contributed by atoms with E-state index in [9.17, 15) is 0 Å². The summed E-state index contributed by atoms with van der Waals surface area (Å²) >= 11 is 12.0. The summed E-state index contributed by atoms with van der Waals surface area (Å²) < 4.78 is 0. The van der Waals surface area contributed by atoms with Gasteiger partial charge in [0.15, 0.2) is 0 Å². The highest BCUT2D eigenvalue weighted by atomic mass is 35.5. The van der Waals surface area contributed by atoms with E-state index in [1.165, 1.54) is 0 Å². The monoisotopic (exact) mass is 274 g/mol. The van der Waals surface area contributed by atoms with Crippen LogP contribution in [0.2, 0.25) is 10.0 Å². The highest BCUT2D eigenvalue weighted by Gasteiger charge is 2.29. The molecule has 0 bridgehead atoms. The molecule has 2 N–H and O–H groups in total. The van der Waals surface area contributed by atoms with Gasteiger partial charge in [-0.05, 0) is 52.1 Å². The van der Waals surface area contributed by atoms with Crippen LogP contribution in [0.15, 0.2) is 18.2 Å². The first-order valence-corrected chi connectivity index (χ1v) is 6.37. The molecule has 0 spiro atoms. The van der Waals surface area contributed by atoms with Crippen LogP contribution in [0.1, 0.15) is 19.4 Å². The van der Waals surface area contributed by atoms with Gasteiger partial charge in [0.25, 0.3) is 0 Å². The average Bonchev–Trinajstić information content (AvgIpc) is 2.21. The van der Waals surface area contributed by atoms with Crippen molar-refractivity contribution < 1.29 is 0 Å². The van der Waals surface area contributed by atoms with Crippen LogP contribution in [0.3, 0.4) is 0 Å². The normalized spacial score (nSPS) is 14.1. The van der Waals surface area contributed by atoms with Gasteiger partial charge < -0.3 is 10.6 Å². The summed E-state index contributed by atoms with van der Waals surface area (Å²) in [4.78, 5) is 2.13. The Balaban J connectivity index is 2.84. The van der Waals surface area contributed by atoms with E-state index < -0.39 is 0 Å². The molecule has 0 aliphatic heterocycles. The lowest BCUT2D eigenvalue weighted by molar-refractivity contribution is 0.158. The molecule has 1 aromatic rings. The number of hydrogen-bond donors (Lipinski definition) is 1. The third kappa shape index (κ3) is 3.59. The molecule has 0 aliphatic carbocycles. The minimum Gasteiger partial charge on any atom is -0.326 e. The standard InChI is InChI=1S/C13H20Cl2N2/c1-13(2,17(3)4)12(16)7-9-5-6-10(14)8-11(9)15/h5-6,8,12H,7,16H2,1-4H3. The lowest BCUT2D eigenvalue weighted by Crippen LogP contribution is -2.54. The third-order valence-electron chi connectivity index (χ3n) is 3.51. The molecule has 1 atom stereocenters. The van der Waals surface area contributed by atoms with Crippen molar-refractivity contribution in [2.24, 2.45) is 5.73 Å². The van der Waals surface area contributed by atoms with E-state index in [1.807, 2.05) is 26.2 Å². The van der Waals surface area contributed by atoms with E-state index in [0.717, 1.165) is 12.0 Å². The highest BCUT2D eigenvalue weighted by molar-refractivity contribution is 6.35. The maximum Gasteiger partial charge on any atom is 0.0453 e. The van der Waals surface area contributed by atoms with E-state index in [0.29, 0.717) is 10.0 Å². The summed E-state index contributed by atoms with van der Waals surface area (Å²) in [5.74, 6) is 0. The molecule has 0 aliphatic rings. The molecule has 17 heavy (non-hydrogen) atoms. The van der Waals surface area contributed by atoms with Crippen molar-refractivity contribution in [2.45, 2.75) is 31.8 Å². The van der Waals surface area contributed by atoms with E-state index in [2.05, 4.69) is 18.7 Å². The predicted octanol–water partition coefficient (Wildman–Crippen LogP) is 3.20. The van der Waals surface area contributed by atoms with Gasteiger partial charge >= 0.3 is 0 Å². The van der Waals surface area contributed by atoms with Crippen LogP contribution in [-0.4, -0.2) is 30.6 Å². The predicted molar refractivity (Wildman–Crippen MR) is 75.9 cm³/mol. The molecule has 1 unspecified atom stereocenters. The summed E-state index contributed by atoms with van der Waals surface area (Å²) in [7, 11) is 4.06. The van der Waals surface area contributed by atoms with Crippen molar-refractivity contribution in [1.82, 2.24) is 4.90 Å². The van der Waals surface area contributed by atoms with E-state index in [1.54, 1.807) is 6.07 Å². The Kier molecular flexibility index (Phi) is 4.85. The molecule has 2 nitrogen and oxygen atoms in total. The minimum atomic E-state index is -0.0804. The first-order chi connectivity index (χ1) is 7.75. The van der Waals surface area contributed by atoms with Crippen molar-refractivity contribution in [3.05, 3.63) is 33.8 Å². The lowest BCUT2D eigenvalue weighted by Gasteiger charge is -2.38. The Bertz CT molecular complexity index is 389. The van der Waals surface area contributed by atoms with Gasteiger partial charge in [0.1, 0.15) is 0 Å². The lowest BCUT2D eigenvalue weighted by atomic mass is 9.89. The zero-order valence-electron chi connectivity index (χ0n) is 10.8. The van der Waals surface area contributed by atoms with Crippen LogP contribution in [0.5, 0.6) is 0 Å². The van der Waals surface area contributed by atoms with Gasteiger partial charge in [0, 0.05) is 21.6 Å². The first-order valence-electron chi connectivity index (χ1n) is 5.62. The Labute approximate surface area is 114 Å². The molecule has 0 amide bonds. The number of halogens is 2. The molecular formula is C13H20Cl2N2. The number of nitrogens with two attached hydrogens (primary N) is 1. The Hall–Kier alpha value is -0.280. The van der Waals surface area contributed by atoms with Crippen LogP contribution in [0, 0.1) is 0 Å². The summed E-state index contributed by atoms with van der Waals surface area (Å²) in [6, 6.07) is 5.55. The van der Waals surface area contributed by atoms with Crippen molar-refractivity contribution in [2.75, 3.05) is 14.1 Å². The second kappa shape index (κ2) is 5.57. The second-order valence-corrected chi connectivity index (χ2v) is 5.94. The number of rotatable bonds is 4. The summed E-state index contributed by atoms with van der Waals surface area (Å²) in [5.41, 5.74) is 7.22. The van der Waals surface area contributed by atoms with Gasteiger partial charge in [-0.15, -0.1) is 0 Å². The Morgan fingerprint density at radius 2 is 1.88 bits per heavy atom. The summed E-state index contributed by atoms with van der Waals surface area (Å²) in [6.07, 6.45) is 0.737. The molecule has 0 saturated heterocycles. The van der Waals surface area contributed by atoms with Crippen LogP contribution in [0.4, 0.5) is 0 Å². The molecule has 1 aromatic carbocycles. The molecule has 0 radical (unpaired) electrons. The van der Waals surface area contributed by atoms with Gasteiger partial charge in [-0.25, -0.2) is 0 Å². The maximum absolute atomic E-state index is 6.26. The number of hydrogen-bond acceptors (Lipinski definition) is 2. The van der Waals surface area contributed by atoms with Crippen molar-refractivity contribution in [3.63, 3.8) is 0 Å². The fourth-order valence-corrected chi connectivity index (χ4v) is 1.99. The minimum absolute atomic E-state index is 0.0103. The number of likely N-dealkylation sites (N-methyl/N-ethyl adjacent to an activating group) is 1. The fourth-order valence-electron chi connectivity index (χ4n) is 1.51. The first kappa shape index (κ1) is 14.8. The van der Waals surface area contributed by atoms with Crippen molar-refractivity contribution >= 4 is 23.2 Å². The molecule has 0 saturated carbocycles. The summed E-state index contributed by atoms with van der Waals surface area (Å²) in [6.45, 7) is 4.25. The smallest absolute Gasteiger partial charge is 0.0453 e. The fraction of sp³-hybridized carbons (Fsp3) is 0.538. The van der Waals surface area contributed by atoms with E-state index >= 15 is 0 Å². The second-order valence-electron chi connectivity index (χ2n) is 5.09.